The summed E-state index contributed by atoms with van der Waals surface area (Å²) in [6.07, 6.45) is 0. The van der Waals surface area contributed by atoms with Crippen LogP contribution in [0.25, 0.3) is 11.1 Å². The maximum atomic E-state index is 10.7. The molecule has 0 aliphatic carbocycles. The topological polar surface area (TPSA) is 43.1 Å². The van der Waals surface area contributed by atoms with Crippen LogP contribution < -0.4 is 0 Å². The highest BCUT2D eigenvalue weighted by atomic mass is 32.1. The van der Waals surface area contributed by atoms with Gasteiger partial charge in [0, 0.05) is 17.0 Å². The molecule has 2 aromatic rings. The van der Waals surface area contributed by atoms with Crippen LogP contribution in [0.3, 0.4) is 0 Å². The highest BCUT2D eigenvalue weighted by Crippen LogP contribution is 2.31. The fourth-order valence-corrected chi connectivity index (χ4v) is 2.19. The van der Waals surface area contributed by atoms with Gasteiger partial charge in [-0.15, -0.1) is 12.6 Å². The molecule has 0 heterocycles. The molecule has 2 aromatic carbocycles. The van der Waals surface area contributed by atoms with Gasteiger partial charge in [0.25, 0.3) is 5.69 Å². The maximum absolute atomic E-state index is 10.7. The second kappa shape index (κ2) is 4.59. The first-order valence-electron chi connectivity index (χ1n) is 5.13. The zero-order valence-corrected chi connectivity index (χ0v) is 10.1. The van der Waals surface area contributed by atoms with E-state index in [4.69, 9.17) is 0 Å². The number of nitro groups is 1. The summed E-state index contributed by atoms with van der Waals surface area (Å²) in [5.41, 5.74) is 2.92. The van der Waals surface area contributed by atoms with Gasteiger partial charge in [0.15, 0.2) is 0 Å². The average Bonchev–Trinajstić information content (AvgIpc) is 2.29. The summed E-state index contributed by atoms with van der Waals surface area (Å²) in [5.74, 6) is 0. The number of rotatable bonds is 2. The number of non-ortho nitro benzene ring substituents is 1. The molecule has 86 valence electrons. The van der Waals surface area contributed by atoms with Gasteiger partial charge in [0.1, 0.15) is 0 Å². The van der Waals surface area contributed by atoms with E-state index in [0.717, 1.165) is 21.6 Å². The lowest BCUT2D eigenvalue weighted by Gasteiger charge is -2.08. The molecule has 0 aromatic heterocycles. The fourth-order valence-electron chi connectivity index (χ4n) is 1.80. The molecule has 0 saturated heterocycles. The second-order valence-electron chi connectivity index (χ2n) is 3.78. The first-order valence-corrected chi connectivity index (χ1v) is 5.57. The largest absolute Gasteiger partial charge is 0.270 e. The lowest BCUT2D eigenvalue weighted by molar-refractivity contribution is -0.384. The third kappa shape index (κ3) is 2.31. The van der Waals surface area contributed by atoms with Crippen molar-refractivity contribution in [1.82, 2.24) is 0 Å². The Hall–Kier alpha value is -1.81. The number of hydrogen-bond donors (Lipinski definition) is 1. The molecule has 4 heteroatoms. The van der Waals surface area contributed by atoms with E-state index in [1.807, 2.05) is 31.2 Å². The van der Waals surface area contributed by atoms with Crippen molar-refractivity contribution in [3.63, 3.8) is 0 Å². The molecule has 0 amide bonds. The SMILES string of the molecule is Cc1cccc(S)c1-c1cccc([N+](=O)[O-])c1. The molecule has 0 spiro atoms. The molecule has 0 aliphatic rings. The van der Waals surface area contributed by atoms with Gasteiger partial charge in [0.05, 0.1) is 4.92 Å². The van der Waals surface area contributed by atoms with Gasteiger partial charge >= 0.3 is 0 Å². The highest BCUT2D eigenvalue weighted by Gasteiger charge is 2.10. The predicted octanol–water partition coefficient (Wildman–Crippen LogP) is 3.86. The summed E-state index contributed by atoms with van der Waals surface area (Å²) >= 11 is 4.40. The van der Waals surface area contributed by atoms with E-state index in [1.54, 1.807) is 12.1 Å². The molecular weight excluding hydrogens is 234 g/mol. The molecule has 0 N–H and O–H groups in total. The Labute approximate surface area is 105 Å². The molecule has 3 nitrogen and oxygen atoms in total. The molecule has 17 heavy (non-hydrogen) atoms. The lowest BCUT2D eigenvalue weighted by Crippen LogP contribution is -1.90. The quantitative estimate of drug-likeness (QED) is 0.496. The molecule has 0 radical (unpaired) electrons. The van der Waals surface area contributed by atoms with Crippen molar-refractivity contribution >= 4 is 18.3 Å². The average molecular weight is 245 g/mol. The van der Waals surface area contributed by atoms with E-state index in [1.165, 1.54) is 6.07 Å². The highest BCUT2D eigenvalue weighted by molar-refractivity contribution is 7.80. The Balaban J connectivity index is 2.61. The number of thiol groups is 1. The number of nitrogens with zero attached hydrogens (tertiary/aromatic N) is 1. The summed E-state index contributed by atoms with van der Waals surface area (Å²) < 4.78 is 0. The Kier molecular flexibility index (Phi) is 3.15. The van der Waals surface area contributed by atoms with E-state index in [2.05, 4.69) is 12.6 Å². The smallest absolute Gasteiger partial charge is 0.258 e. The van der Waals surface area contributed by atoms with Crippen molar-refractivity contribution in [2.45, 2.75) is 11.8 Å². The first-order chi connectivity index (χ1) is 8.09. The third-order valence-corrected chi connectivity index (χ3v) is 2.97. The van der Waals surface area contributed by atoms with Crippen LogP contribution >= 0.6 is 12.6 Å². The van der Waals surface area contributed by atoms with Crippen LogP contribution in [-0.2, 0) is 0 Å². The lowest BCUT2D eigenvalue weighted by atomic mass is 10.0. The Morgan fingerprint density at radius 2 is 1.88 bits per heavy atom. The van der Waals surface area contributed by atoms with Gasteiger partial charge in [-0.25, -0.2) is 0 Å². The summed E-state index contributed by atoms with van der Waals surface area (Å²) in [6.45, 7) is 1.97. The van der Waals surface area contributed by atoms with Crippen LogP contribution in [0.1, 0.15) is 5.56 Å². The third-order valence-electron chi connectivity index (χ3n) is 2.60. The Bertz CT molecular complexity index is 561. The monoisotopic (exact) mass is 245 g/mol. The Morgan fingerprint density at radius 3 is 2.53 bits per heavy atom. The number of benzene rings is 2. The zero-order valence-electron chi connectivity index (χ0n) is 9.25. The minimum atomic E-state index is -0.389. The van der Waals surface area contributed by atoms with Crippen LogP contribution in [0.2, 0.25) is 0 Å². The van der Waals surface area contributed by atoms with Crippen LogP contribution in [-0.4, -0.2) is 4.92 Å². The minimum Gasteiger partial charge on any atom is -0.258 e. The minimum absolute atomic E-state index is 0.0958. The molecule has 0 aliphatic heterocycles. The number of aryl methyl sites for hydroxylation is 1. The Morgan fingerprint density at radius 1 is 1.18 bits per heavy atom. The van der Waals surface area contributed by atoms with Crippen molar-refractivity contribution < 1.29 is 4.92 Å². The van der Waals surface area contributed by atoms with Crippen LogP contribution in [0.4, 0.5) is 5.69 Å². The van der Waals surface area contributed by atoms with Crippen molar-refractivity contribution in [1.29, 1.82) is 0 Å². The first kappa shape index (κ1) is 11.7. The predicted molar refractivity (Wildman–Crippen MR) is 70.5 cm³/mol. The van der Waals surface area contributed by atoms with Crippen molar-refractivity contribution in [2.75, 3.05) is 0 Å². The van der Waals surface area contributed by atoms with Crippen molar-refractivity contribution in [3.05, 3.63) is 58.1 Å². The van der Waals surface area contributed by atoms with Gasteiger partial charge in [-0.05, 0) is 29.7 Å². The standard InChI is InChI=1S/C13H11NO2S/c1-9-4-2-7-12(17)13(9)10-5-3-6-11(8-10)14(15)16/h2-8,17H,1H3. The summed E-state index contributed by atoms with van der Waals surface area (Å²) in [6, 6.07) is 12.4. The van der Waals surface area contributed by atoms with Crippen LogP contribution in [0.15, 0.2) is 47.4 Å². The number of hydrogen-bond acceptors (Lipinski definition) is 3. The summed E-state index contributed by atoms with van der Waals surface area (Å²) in [7, 11) is 0. The van der Waals surface area contributed by atoms with Crippen LogP contribution in [0, 0.1) is 17.0 Å². The normalized spacial score (nSPS) is 10.2. The summed E-state index contributed by atoms with van der Waals surface area (Å²) in [4.78, 5) is 11.2. The van der Waals surface area contributed by atoms with E-state index >= 15 is 0 Å². The van der Waals surface area contributed by atoms with Gasteiger partial charge in [-0.3, -0.25) is 10.1 Å². The summed E-state index contributed by atoms with van der Waals surface area (Å²) in [5, 5.41) is 10.7. The van der Waals surface area contributed by atoms with E-state index in [0.29, 0.717) is 0 Å². The molecule has 2 rings (SSSR count). The van der Waals surface area contributed by atoms with Crippen LogP contribution in [0.5, 0.6) is 0 Å². The maximum Gasteiger partial charge on any atom is 0.270 e. The van der Waals surface area contributed by atoms with E-state index < -0.39 is 0 Å². The fraction of sp³-hybridized carbons (Fsp3) is 0.0769. The molecule has 0 saturated carbocycles. The van der Waals surface area contributed by atoms with Crippen molar-refractivity contribution in [3.8, 4) is 11.1 Å². The number of nitro benzene ring substituents is 1. The molecule has 0 atom stereocenters. The van der Waals surface area contributed by atoms with E-state index in [9.17, 15) is 10.1 Å². The van der Waals surface area contributed by atoms with Gasteiger partial charge < -0.3 is 0 Å². The van der Waals surface area contributed by atoms with E-state index in [-0.39, 0.29) is 10.6 Å². The molecule has 0 bridgehead atoms. The second-order valence-corrected chi connectivity index (χ2v) is 4.26. The zero-order chi connectivity index (χ0) is 12.4. The molecule has 0 unspecified atom stereocenters. The van der Waals surface area contributed by atoms with Gasteiger partial charge in [0.2, 0.25) is 0 Å². The molecule has 0 fully saturated rings. The molecular formula is C13H11NO2S. The van der Waals surface area contributed by atoms with Gasteiger partial charge in [-0.2, -0.15) is 0 Å². The van der Waals surface area contributed by atoms with Crippen molar-refractivity contribution in [2.24, 2.45) is 0 Å². The van der Waals surface area contributed by atoms with Gasteiger partial charge in [-0.1, -0.05) is 24.3 Å².